The third-order valence-electron chi connectivity index (χ3n) is 3.86. The second-order valence-corrected chi connectivity index (χ2v) is 6.81. The molecule has 4 atom stereocenters. The van der Waals surface area contributed by atoms with Gasteiger partial charge in [-0.15, -0.1) is 0 Å². The zero-order chi connectivity index (χ0) is 19.9. The standard InChI is InChI=1S/C17H28BNO7/c1-10(2)23-8-11-14(26-13(21)7-6-12(19)20)15(16(18)25-11)24-9-17(3,4)22-5/h11,14-16H,1,6-9H2,2-5H3,(H2,19,20). The minimum atomic E-state index is -0.810. The Labute approximate surface area is 155 Å². The summed E-state index contributed by atoms with van der Waals surface area (Å²) in [4.78, 5) is 22.9. The van der Waals surface area contributed by atoms with E-state index in [1.165, 1.54) is 0 Å². The topological polar surface area (TPSA) is 106 Å². The first-order valence-electron chi connectivity index (χ1n) is 8.39. The second-order valence-electron chi connectivity index (χ2n) is 6.81. The molecule has 0 bridgehead atoms. The van der Waals surface area contributed by atoms with E-state index in [9.17, 15) is 9.59 Å². The molecule has 2 radical (unpaired) electrons. The van der Waals surface area contributed by atoms with E-state index < -0.39 is 41.8 Å². The first-order chi connectivity index (χ1) is 12.1. The third kappa shape index (κ3) is 7.35. The van der Waals surface area contributed by atoms with Crippen molar-refractivity contribution in [3.63, 3.8) is 0 Å². The number of esters is 1. The Morgan fingerprint density at radius 1 is 1.27 bits per heavy atom. The molecule has 1 heterocycles. The molecule has 1 fully saturated rings. The number of rotatable bonds is 11. The SMILES string of the molecule is [B]C1OC(COC(=C)C)C(OC(=O)CCC(N)=O)C1OCC(C)(C)OC. The van der Waals surface area contributed by atoms with Crippen LogP contribution in [0.3, 0.4) is 0 Å². The lowest BCUT2D eigenvalue weighted by Crippen LogP contribution is -2.43. The van der Waals surface area contributed by atoms with Crippen LogP contribution in [0.1, 0.15) is 33.6 Å². The van der Waals surface area contributed by atoms with Crippen LogP contribution in [-0.4, -0.2) is 70.0 Å². The maximum Gasteiger partial charge on any atom is 0.306 e. The number of ether oxygens (including phenoxy) is 5. The molecule has 26 heavy (non-hydrogen) atoms. The van der Waals surface area contributed by atoms with Crippen LogP contribution in [0.15, 0.2) is 12.3 Å². The van der Waals surface area contributed by atoms with Crippen LogP contribution >= 0.6 is 0 Å². The summed E-state index contributed by atoms with van der Waals surface area (Å²) in [5.41, 5.74) is 4.51. The highest BCUT2D eigenvalue weighted by Gasteiger charge is 2.46. The molecule has 1 aliphatic heterocycles. The van der Waals surface area contributed by atoms with Crippen LogP contribution in [-0.2, 0) is 33.3 Å². The molecule has 0 aromatic heterocycles. The van der Waals surface area contributed by atoms with Gasteiger partial charge >= 0.3 is 5.97 Å². The predicted molar refractivity (Wildman–Crippen MR) is 94.3 cm³/mol. The largest absolute Gasteiger partial charge is 0.496 e. The van der Waals surface area contributed by atoms with Crippen LogP contribution in [0.2, 0.25) is 0 Å². The molecule has 4 unspecified atom stereocenters. The normalized spacial score (nSPS) is 25.7. The number of nitrogens with two attached hydrogens (primary N) is 1. The highest BCUT2D eigenvalue weighted by atomic mass is 16.6. The summed E-state index contributed by atoms with van der Waals surface area (Å²) in [7, 11) is 7.57. The van der Waals surface area contributed by atoms with E-state index in [0.717, 1.165) is 0 Å². The highest BCUT2D eigenvalue weighted by molar-refractivity contribution is 6.11. The molecule has 2 N–H and O–H groups in total. The van der Waals surface area contributed by atoms with Gasteiger partial charge in [-0.25, -0.2) is 0 Å². The lowest BCUT2D eigenvalue weighted by atomic mass is 9.92. The summed E-state index contributed by atoms with van der Waals surface area (Å²) in [6.45, 7) is 9.37. The van der Waals surface area contributed by atoms with Crippen LogP contribution in [0.4, 0.5) is 0 Å². The van der Waals surface area contributed by atoms with E-state index >= 15 is 0 Å². The summed E-state index contributed by atoms with van der Waals surface area (Å²) in [5, 5.41) is 0. The van der Waals surface area contributed by atoms with Gasteiger partial charge in [0, 0.05) is 19.5 Å². The van der Waals surface area contributed by atoms with Crippen molar-refractivity contribution in [3.8, 4) is 0 Å². The van der Waals surface area contributed by atoms with Gasteiger partial charge in [0.25, 0.3) is 0 Å². The molecule has 9 heteroatoms. The van der Waals surface area contributed by atoms with Gasteiger partial charge in [0.05, 0.1) is 24.4 Å². The summed E-state index contributed by atoms with van der Waals surface area (Å²) in [6, 6.07) is -0.810. The number of carbonyl (C=O) groups excluding carboxylic acids is 2. The number of methoxy groups -OCH3 is 1. The molecule has 0 aromatic carbocycles. The fourth-order valence-corrected chi connectivity index (χ4v) is 2.24. The summed E-state index contributed by atoms with van der Waals surface area (Å²) in [5.74, 6) is -0.685. The molecule has 0 aromatic rings. The third-order valence-corrected chi connectivity index (χ3v) is 3.86. The minimum absolute atomic E-state index is 0.102. The molecule has 1 amide bonds. The molecule has 1 rings (SSSR count). The van der Waals surface area contributed by atoms with Crippen molar-refractivity contribution in [2.24, 2.45) is 5.73 Å². The van der Waals surface area contributed by atoms with E-state index in [1.807, 2.05) is 13.8 Å². The van der Waals surface area contributed by atoms with Crippen molar-refractivity contribution >= 4 is 19.7 Å². The van der Waals surface area contributed by atoms with E-state index in [2.05, 4.69) is 6.58 Å². The Bertz CT molecular complexity index is 511. The van der Waals surface area contributed by atoms with Crippen LogP contribution in [0, 0.1) is 0 Å². The van der Waals surface area contributed by atoms with Crippen LogP contribution < -0.4 is 5.73 Å². The van der Waals surface area contributed by atoms with E-state index in [-0.39, 0.29) is 26.1 Å². The van der Waals surface area contributed by atoms with Crippen molar-refractivity contribution in [2.45, 2.75) is 63.5 Å². The number of carbonyl (C=O) groups is 2. The quantitative estimate of drug-likeness (QED) is 0.320. The molecular weight excluding hydrogens is 341 g/mol. The van der Waals surface area contributed by atoms with Crippen LogP contribution in [0.5, 0.6) is 0 Å². The molecule has 0 spiro atoms. The zero-order valence-electron chi connectivity index (χ0n) is 15.9. The molecular formula is C17H28BNO7. The molecule has 0 aliphatic carbocycles. The fourth-order valence-electron chi connectivity index (χ4n) is 2.24. The van der Waals surface area contributed by atoms with Gasteiger partial charge in [0.15, 0.2) is 6.10 Å². The average molecular weight is 369 g/mol. The van der Waals surface area contributed by atoms with Gasteiger partial charge in [0.1, 0.15) is 26.7 Å². The highest BCUT2D eigenvalue weighted by Crippen LogP contribution is 2.27. The second kappa shape index (κ2) is 9.94. The zero-order valence-corrected chi connectivity index (χ0v) is 15.9. The summed E-state index contributed by atoms with van der Waals surface area (Å²) < 4.78 is 27.6. The van der Waals surface area contributed by atoms with Gasteiger partial charge < -0.3 is 29.4 Å². The number of amides is 1. The Morgan fingerprint density at radius 3 is 2.46 bits per heavy atom. The lowest BCUT2D eigenvalue weighted by molar-refractivity contribution is -0.162. The van der Waals surface area contributed by atoms with Gasteiger partial charge in [-0.05, 0) is 20.8 Å². The van der Waals surface area contributed by atoms with Crippen molar-refractivity contribution in [1.82, 2.24) is 0 Å². The van der Waals surface area contributed by atoms with Crippen LogP contribution in [0.25, 0.3) is 0 Å². The van der Waals surface area contributed by atoms with Crippen molar-refractivity contribution in [2.75, 3.05) is 20.3 Å². The molecule has 8 nitrogen and oxygen atoms in total. The first-order valence-corrected chi connectivity index (χ1v) is 8.39. The predicted octanol–water partition coefficient (Wildman–Crippen LogP) is 0.418. The van der Waals surface area contributed by atoms with Gasteiger partial charge in [0.2, 0.25) is 5.91 Å². The Balaban J connectivity index is 2.80. The first kappa shape index (κ1) is 22.5. The monoisotopic (exact) mass is 369 g/mol. The maximum absolute atomic E-state index is 12.0. The molecule has 1 saturated heterocycles. The van der Waals surface area contributed by atoms with Crippen molar-refractivity contribution in [3.05, 3.63) is 12.3 Å². The maximum atomic E-state index is 12.0. The number of hydrogen-bond acceptors (Lipinski definition) is 7. The Kier molecular flexibility index (Phi) is 8.59. The van der Waals surface area contributed by atoms with Crippen molar-refractivity contribution < 1.29 is 33.3 Å². The van der Waals surface area contributed by atoms with Gasteiger partial charge in [-0.2, -0.15) is 0 Å². The van der Waals surface area contributed by atoms with E-state index in [1.54, 1.807) is 14.0 Å². The fraction of sp³-hybridized carbons (Fsp3) is 0.765. The molecule has 1 aliphatic rings. The lowest BCUT2D eigenvalue weighted by Gasteiger charge is -2.29. The number of primary amides is 1. The Morgan fingerprint density at radius 2 is 1.92 bits per heavy atom. The Hall–Kier alpha value is -1.58. The minimum Gasteiger partial charge on any atom is -0.496 e. The summed E-state index contributed by atoms with van der Waals surface area (Å²) >= 11 is 0. The van der Waals surface area contributed by atoms with Crippen molar-refractivity contribution in [1.29, 1.82) is 0 Å². The van der Waals surface area contributed by atoms with Gasteiger partial charge in [-0.3, -0.25) is 9.59 Å². The number of hydrogen-bond donors (Lipinski definition) is 1. The van der Waals surface area contributed by atoms with Gasteiger partial charge in [-0.1, -0.05) is 6.58 Å². The summed E-state index contributed by atoms with van der Waals surface area (Å²) in [6.07, 6.45) is -2.37. The average Bonchev–Trinajstić information content (AvgIpc) is 2.84. The number of allylic oxidation sites excluding steroid dienone is 1. The smallest absolute Gasteiger partial charge is 0.306 e. The van der Waals surface area contributed by atoms with E-state index in [0.29, 0.717) is 5.76 Å². The molecule has 146 valence electrons. The molecule has 0 saturated carbocycles. The van der Waals surface area contributed by atoms with E-state index in [4.69, 9.17) is 37.3 Å².